The number of thioether (sulfide) groups is 1. The van der Waals surface area contributed by atoms with Crippen molar-refractivity contribution in [1.29, 1.82) is 0 Å². The number of rotatable bonds is 4. The second-order valence-corrected chi connectivity index (χ2v) is 5.62. The molecule has 1 unspecified atom stereocenters. The summed E-state index contributed by atoms with van der Waals surface area (Å²) in [5.74, 6) is -0.837. The van der Waals surface area contributed by atoms with E-state index >= 15 is 0 Å². The summed E-state index contributed by atoms with van der Waals surface area (Å²) in [5.41, 5.74) is 1.79. The third-order valence-corrected chi connectivity index (χ3v) is 4.22. The molecule has 7 heteroatoms. The number of imidazole rings is 1. The Morgan fingerprint density at radius 2 is 2.50 bits per heavy atom. The van der Waals surface area contributed by atoms with Crippen molar-refractivity contribution in [1.82, 2.24) is 14.5 Å². The summed E-state index contributed by atoms with van der Waals surface area (Å²) in [6, 6.07) is 2.13. The molecule has 1 fully saturated rings. The lowest BCUT2D eigenvalue weighted by molar-refractivity contribution is -0.133. The Morgan fingerprint density at radius 1 is 1.60 bits per heavy atom. The van der Waals surface area contributed by atoms with E-state index in [1.54, 1.807) is 12.4 Å². The van der Waals surface area contributed by atoms with Gasteiger partial charge in [0.15, 0.2) is 5.16 Å². The molecule has 1 saturated heterocycles. The number of carbonyl (C=O) groups is 1. The van der Waals surface area contributed by atoms with Gasteiger partial charge in [0.05, 0.1) is 30.1 Å². The number of hydrogen-bond donors (Lipinski definition) is 1. The van der Waals surface area contributed by atoms with E-state index < -0.39 is 5.97 Å². The number of carboxylic acid groups (broad SMARTS) is 1. The molecule has 3 rings (SSSR count). The van der Waals surface area contributed by atoms with Gasteiger partial charge in [-0.05, 0) is 18.9 Å². The SMILES string of the molecule is O=C(O)CSc1nc2cnccc2n1C1CCCOC1. The van der Waals surface area contributed by atoms with Crippen molar-refractivity contribution < 1.29 is 14.6 Å². The van der Waals surface area contributed by atoms with E-state index in [1.165, 1.54) is 11.8 Å². The first-order valence-electron chi connectivity index (χ1n) is 6.50. The molecule has 0 saturated carbocycles. The summed E-state index contributed by atoms with van der Waals surface area (Å²) in [7, 11) is 0. The van der Waals surface area contributed by atoms with Gasteiger partial charge in [0.25, 0.3) is 0 Å². The Labute approximate surface area is 120 Å². The van der Waals surface area contributed by atoms with Crippen molar-refractivity contribution in [2.75, 3.05) is 19.0 Å². The van der Waals surface area contributed by atoms with Crippen LogP contribution in [0.4, 0.5) is 0 Å². The van der Waals surface area contributed by atoms with Crippen molar-refractivity contribution >= 4 is 28.8 Å². The summed E-state index contributed by atoms with van der Waals surface area (Å²) in [4.78, 5) is 19.4. The van der Waals surface area contributed by atoms with E-state index in [1.807, 2.05) is 6.07 Å². The lowest BCUT2D eigenvalue weighted by Crippen LogP contribution is -2.22. The molecule has 20 heavy (non-hydrogen) atoms. The number of nitrogens with zero attached hydrogens (tertiary/aromatic N) is 3. The van der Waals surface area contributed by atoms with Gasteiger partial charge in [-0.15, -0.1) is 0 Å². The highest BCUT2D eigenvalue weighted by molar-refractivity contribution is 7.99. The normalized spacial score (nSPS) is 19.3. The van der Waals surface area contributed by atoms with Gasteiger partial charge in [0.1, 0.15) is 5.52 Å². The molecule has 0 aliphatic carbocycles. The molecule has 1 aliphatic heterocycles. The Kier molecular flexibility index (Phi) is 3.88. The lowest BCUT2D eigenvalue weighted by Gasteiger charge is -2.25. The number of fused-ring (bicyclic) bond motifs is 1. The standard InChI is InChI=1S/C13H15N3O3S/c17-12(18)8-20-13-15-10-6-14-4-3-11(10)16(13)9-2-1-5-19-7-9/h3-4,6,9H,1-2,5,7-8H2,(H,17,18). The fourth-order valence-electron chi connectivity index (χ4n) is 2.44. The third kappa shape index (κ3) is 2.64. The number of aromatic nitrogens is 3. The fourth-order valence-corrected chi connectivity index (χ4v) is 3.24. The first-order valence-corrected chi connectivity index (χ1v) is 7.48. The second-order valence-electron chi connectivity index (χ2n) is 4.68. The number of aliphatic carboxylic acids is 1. The zero-order valence-corrected chi connectivity index (χ0v) is 11.7. The highest BCUT2D eigenvalue weighted by atomic mass is 32.2. The van der Waals surface area contributed by atoms with Crippen LogP contribution in [0.3, 0.4) is 0 Å². The van der Waals surface area contributed by atoms with E-state index in [4.69, 9.17) is 9.84 Å². The monoisotopic (exact) mass is 293 g/mol. The molecule has 0 amide bonds. The molecule has 0 bridgehead atoms. The van der Waals surface area contributed by atoms with Crippen LogP contribution in [0.1, 0.15) is 18.9 Å². The maximum absolute atomic E-state index is 10.8. The molecule has 0 radical (unpaired) electrons. The largest absolute Gasteiger partial charge is 0.481 e. The van der Waals surface area contributed by atoms with Gasteiger partial charge in [-0.1, -0.05) is 11.8 Å². The number of pyridine rings is 1. The Hall–Kier alpha value is -1.60. The fraction of sp³-hybridized carbons (Fsp3) is 0.462. The van der Waals surface area contributed by atoms with Crippen LogP contribution in [0.15, 0.2) is 23.6 Å². The lowest BCUT2D eigenvalue weighted by atomic mass is 10.1. The molecule has 3 heterocycles. The Bertz CT molecular complexity index is 622. The molecule has 106 valence electrons. The summed E-state index contributed by atoms with van der Waals surface area (Å²) in [6.45, 7) is 1.44. The smallest absolute Gasteiger partial charge is 0.313 e. The first-order chi connectivity index (χ1) is 9.75. The second kappa shape index (κ2) is 5.80. The number of ether oxygens (including phenoxy) is 1. The molecule has 2 aromatic heterocycles. The average molecular weight is 293 g/mol. The van der Waals surface area contributed by atoms with Crippen molar-refractivity contribution in [3.63, 3.8) is 0 Å². The van der Waals surface area contributed by atoms with E-state index in [2.05, 4.69) is 14.5 Å². The van der Waals surface area contributed by atoms with Crippen LogP contribution in [-0.4, -0.2) is 44.6 Å². The highest BCUT2D eigenvalue weighted by Crippen LogP contribution is 2.31. The summed E-state index contributed by atoms with van der Waals surface area (Å²) >= 11 is 1.24. The van der Waals surface area contributed by atoms with Crippen LogP contribution in [-0.2, 0) is 9.53 Å². The molecule has 0 aromatic carbocycles. The van der Waals surface area contributed by atoms with Crippen LogP contribution in [0.5, 0.6) is 0 Å². The molecular formula is C13H15N3O3S. The number of hydrogen-bond acceptors (Lipinski definition) is 5. The van der Waals surface area contributed by atoms with Crippen molar-refractivity contribution in [2.45, 2.75) is 24.0 Å². The van der Waals surface area contributed by atoms with Gasteiger partial charge >= 0.3 is 5.97 Å². The minimum Gasteiger partial charge on any atom is -0.481 e. The summed E-state index contributed by atoms with van der Waals surface area (Å²) in [5, 5.41) is 9.58. The van der Waals surface area contributed by atoms with Gasteiger partial charge in [0, 0.05) is 12.8 Å². The van der Waals surface area contributed by atoms with Crippen LogP contribution in [0.2, 0.25) is 0 Å². The zero-order valence-electron chi connectivity index (χ0n) is 10.9. The van der Waals surface area contributed by atoms with E-state index in [0.29, 0.717) is 6.61 Å². The quantitative estimate of drug-likeness (QED) is 0.868. The van der Waals surface area contributed by atoms with Gasteiger partial charge in [-0.3, -0.25) is 9.78 Å². The van der Waals surface area contributed by atoms with Crippen molar-refractivity contribution in [3.8, 4) is 0 Å². The van der Waals surface area contributed by atoms with Crippen LogP contribution in [0, 0.1) is 0 Å². The average Bonchev–Trinajstić information content (AvgIpc) is 2.84. The summed E-state index contributed by atoms with van der Waals surface area (Å²) < 4.78 is 7.65. The van der Waals surface area contributed by atoms with E-state index in [-0.39, 0.29) is 11.8 Å². The Balaban J connectivity index is 2.00. The van der Waals surface area contributed by atoms with Gasteiger partial charge in [-0.25, -0.2) is 4.98 Å². The van der Waals surface area contributed by atoms with Crippen molar-refractivity contribution in [3.05, 3.63) is 18.5 Å². The Morgan fingerprint density at radius 3 is 3.25 bits per heavy atom. The molecule has 1 atom stereocenters. The van der Waals surface area contributed by atoms with Crippen LogP contribution >= 0.6 is 11.8 Å². The van der Waals surface area contributed by atoms with Gasteiger partial charge in [-0.2, -0.15) is 0 Å². The molecule has 0 spiro atoms. The van der Waals surface area contributed by atoms with Crippen molar-refractivity contribution in [2.24, 2.45) is 0 Å². The van der Waals surface area contributed by atoms with E-state index in [0.717, 1.165) is 35.6 Å². The zero-order chi connectivity index (χ0) is 13.9. The van der Waals surface area contributed by atoms with E-state index in [9.17, 15) is 4.79 Å². The number of carboxylic acids is 1. The maximum atomic E-state index is 10.8. The van der Waals surface area contributed by atoms with Crippen LogP contribution < -0.4 is 0 Å². The van der Waals surface area contributed by atoms with Crippen LogP contribution in [0.25, 0.3) is 11.0 Å². The topological polar surface area (TPSA) is 77.2 Å². The van der Waals surface area contributed by atoms with Gasteiger partial charge in [0.2, 0.25) is 0 Å². The maximum Gasteiger partial charge on any atom is 0.313 e. The third-order valence-electron chi connectivity index (χ3n) is 3.29. The molecule has 6 nitrogen and oxygen atoms in total. The molecule has 2 aromatic rings. The summed E-state index contributed by atoms with van der Waals surface area (Å²) in [6.07, 6.45) is 5.48. The predicted molar refractivity (Wildman–Crippen MR) is 75.0 cm³/mol. The highest BCUT2D eigenvalue weighted by Gasteiger charge is 2.22. The molecule has 1 aliphatic rings. The minimum absolute atomic E-state index is 0.00429. The minimum atomic E-state index is -0.841. The van der Waals surface area contributed by atoms with Gasteiger partial charge < -0.3 is 14.4 Å². The first kappa shape index (κ1) is 13.4. The predicted octanol–water partition coefficient (Wildman–Crippen LogP) is 1.96. The molecular weight excluding hydrogens is 278 g/mol. The molecule has 1 N–H and O–H groups in total.